The smallest absolute Gasteiger partial charge is 0.306 e. The minimum atomic E-state index is -0.787. The van der Waals surface area contributed by atoms with Crippen LogP contribution in [0.1, 0.15) is 187 Å². The van der Waals surface area contributed by atoms with E-state index in [1.165, 1.54) is 83.5 Å². The number of aliphatic hydroxyl groups is 1. The van der Waals surface area contributed by atoms with Crippen LogP contribution in [0.4, 0.5) is 0 Å². The van der Waals surface area contributed by atoms with Gasteiger partial charge in [0.05, 0.1) is 6.61 Å². The number of hydrogen-bond donors (Lipinski definition) is 1. The Hall–Kier alpha value is -2.40. The van der Waals surface area contributed by atoms with E-state index in [0.717, 1.165) is 77.0 Å². The van der Waals surface area contributed by atoms with Gasteiger partial charge in [-0.15, -0.1) is 0 Å². The lowest BCUT2D eigenvalue weighted by molar-refractivity contribution is -0.161. The normalized spacial score (nSPS) is 12.8. The molecule has 282 valence electrons. The molecule has 0 saturated heterocycles. The fraction of sp³-hybridized carbons (Fsp3) is 0.727. The Labute approximate surface area is 302 Å². The number of carbonyl (C=O) groups is 2. The molecule has 0 aliphatic rings. The standard InChI is InChI=1S/C44H76O5/c1-3-5-7-9-11-13-15-17-19-21-23-24-26-28-30-32-34-36-38-43(46)48-41-42(40-45)49-44(47)39-37-35-33-31-29-27-25-22-20-18-16-14-12-10-8-6-4-2/h6,8,12,14,18-21,25,27,42,45H,3-5,7,9-11,13,15-17,22-24,26,28-41H2,1-2H3/b8-6-,14-12-,20-18-,21-19-,27-25-. The summed E-state index contributed by atoms with van der Waals surface area (Å²) in [6, 6.07) is 0. The molecule has 1 unspecified atom stereocenters. The monoisotopic (exact) mass is 685 g/mol. The number of allylic oxidation sites excluding steroid dienone is 10. The maximum Gasteiger partial charge on any atom is 0.306 e. The molecule has 0 heterocycles. The Morgan fingerprint density at radius 1 is 0.490 bits per heavy atom. The number of ether oxygens (including phenoxy) is 2. The Morgan fingerprint density at radius 3 is 1.35 bits per heavy atom. The summed E-state index contributed by atoms with van der Waals surface area (Å²) in [7, 11) is 0. The van der Waals surface area contributed by atoms with Crippen molar-refractivity contribution in [1.82, 2.24) is 0 Å². The summed E-state index contributed by atoms with van der Waals surface area (Å²) in [5, 5.41) is 9.56. The van der Waals surface area contributed by atoms with Gasteiger partial charge in [0.2, 0.25) is 0 Å². The van der Waals surface area contributed by atoms with E-state index >= 15 is 0 Å². The van der Waals surface area contributed by atoms with Gasteiger partial charge in [0.1, 0.15) is 6.61 Å². The van der Waals surface area contributed by atoms with E-state index in [9.17, 15) is 14.7 Å². The first kappa shape index (κ1) is 46.6. The highest BCUT2D eigenvalue weighted by Crippen LogP contribution is 2.13. The molecule has 0 rings (SSSR count). The van der Waals surface area contributed by atoms with Gasteiger partial charge in [-0.2, -0.15) is 0 Å². The number of unbranched alkanes of at least 4 members (excludes halogenated alkanes) is 18. The second kappa shape index (κ2) is 40.0. The van der Waals surface area contributed by atoms with Crippen molar-refractivity contribution in [2.75, 3.05) is 13.2 Å². The van der Waals surface area contributed by atoms with Crippen molar-refractivity contribution in [3.05, 3.63) is 60.8 Å². The first-order chi connectivity index (χ1) is 24.1. The van der Waals surface area contributed by atoms with Crippen LogP contribution in [0.2, 0.25) is 0 Å². The Morgan fingerprint density at radius 2 is 0.878 bits per heavy atom. The molecule has 0 aromatic carbocycles. The van der Waals surface area contributed by atoms with Crippen molar-refractivity contribution in [2.45, 2.75) is 193 Å². The first-order valence-electron chi connectivity index (χ1n) is 20.3. The van der Waals surface area contributed by atoms with Crippen molar-refractivity contribution < 1.29 is 24.2 Å². The van der Waals surface area contributed by atoms with Crippen LogP contribution in [0.25, 0.3) is 0 Å². The van der Waals surface area contributed by atoms with Crippen LogP contribution in [-0.4, -0.2) is 36.4 Å². The van der Waals surface area contributed by atoms with Crippen molar-refractivity contribution in [3.63, 3.8) is 0 Å². The van der Waals surface area contributed by atoms with Crippen LogP contribution in [0.15, 0.2) is 60.8 Å². The van der Waals surface area contributed by atoms with Gasteiger partial charge in [-0.25, -0.2) is 0 Å². The summed E-state index contributed by atoms with van der Waals surface area (Å²) in [6.07, 6.45) is 51.4. The molecule has 0 spiro atoms. The lowest BCUT2D eigenvalue weighted by Crippen LogP contribution is -2.28. The molecule has 1 N–H and O–H groups in total. The molecular weight excluding hydrogens is 608 g/mol. The van der Waals surface area contributed by atoms with Gasteiger partial charge in [-0.1, -0.05) is 158 Å². The molecule has 0 fully saturated rings. The Kier molecular flexibility index (Phi) is 38.1. The van der Waals surface area contributed by atoms with Crippen LogP contribution in [0.5, 0.6) is 0 Å². The van der Waals surface area contributed by atoms with Crippen molar-refractivity contribution in [2.24, 2.45) is 0 Å². The quantitative estimate of drug-likeness (QED) is 0.0404. The van der Waals surface area contributed by atoms with Crippen LogP contribution >= 0.6 is 0 Å². The summed E-state index contributed by atoms with van der Waals surface area (Å²) >= 11 is 0. The highest BCUT2D eigenvalue weighted by molar-refractivity contribution is 5.70. The average Bonchev–Trinajstić information content (AvgIpc) is 3.10. The fourth-order valence-corrected chi connectivity index (χ4v) is 5.48. The predicted octanol–water partition coefficient (Wildman–Crippen LogP) is 12.8. The second-order valence-electron chi connectivity index (χ2n) is 13.3. The molecule has 0 aromatic rings. The molecule has 0 saturated carbocycles. The third-order valence-corrected chi connectivity index (χ3v) is 8.55. The maximum absolute atomic E-state index is 12.2. The SMILES string of the molecule is CC/C=C\C/C=C\C/C=C\C/C=C\CCCCCCC(=O)OC(CO)COC(=O)CCCCCCCCC/C=C\CCCCCCCCC. The van der Waals surface area contributed by atoms with Gasteiger partial charge in [0, 0.05) is 12.8 Å². The summed E-state index contributed by atoms with van der Waals surface area (Å²) < 4.78 is 10.6. The molecule has 0 amide bonds. The van der Waals surface area contributed by atoms with Gasteiger partial charge in [-0.3, -0.25) is 9.59 Å². The lowest BCUT2D eigenvalue weighted by Gasteiger charge is -2.15. The summed E-state index contributed by atoms with van der Waals surface area (Å²) in [6.45, 7) is 3.99. The molecule has 49 heavy (non-hydrogen) atoms. The minimum absolute atomic E-state index is 0.0799. The highest BCUT2D eigenvalue weighted by Gasteiger charge is 2.16. The zero-order chi connectivity index (χ0) is 35.7. The molecule has 5 nitrogen and oxygen atoms in total. The van der Waals surface area contributed by atoms with Gasteiger partial charge in [0.15, 0.2) is 6.10 Å². The maximum atomic E-state index is 12.2. The van der Waals surface area contributed by atoms with E-state index in [-0.39, 0.29) is 25.2 Å². The molecule has 0 bridgehead atoms. The second-order valence-corrected chi connectivity index (χ2v) is 13.3. The number of aliphatic hydroxyl groups excluding tert-OH is 1. The van der Waals surface area contributed by atoms with Gasteiger partial charge in [0.25, 0.3) is 0 Å². The number of rotatable bonds is 36. The largest absolute Gasteiger partial charge is 0.462 e. The molecule has 0 radical (unpaired) electrons. The molecule has 0 aliphatic heterocycles. The molecule has 0 aliphatic carbocycles. The summed E-state index contributed by atoms with van der Waals surface area (Å²) in [5.41, 5.74) is 0. The molecule has 5 heteroatoms. The van der Waals surface area contributed by atoms with Crippen LogP contribution < -0.4 is 0 Å². The van der Waals surface area contributed by atoms with Crippen LogP contribution in [-0.2, 0) is 19.1 Å². The van der Waals surface area contributed by atoms with Gasteiger partial charge in [-0.05, 0) is 77.0 Å². The third-order valence-electron chi connectivity index (χ3n) is 8.55. The Balaban J connectivity index is 3.61. The lowest BCUT2D eigenvalue weighted by atomic mass is 10.1. The summed E-state index contributed by atoms with van der Waals surface area (Å²) in [4.78, 5) is 24.3. The van der Waals surface area contributed by atoms with Crippen LogP contribution in [0, 0.1) is 0 Å². The topological polar surface area (TPSA) is 72.8 Å². The first-order valence-corrected chi connectivity index (χ1v) is 20.3. The fourth-order valence-electron chi connectivity index (χ4n) is 5.48. The van der Waals surface area contributed by atoms with E-state index in [1.54, 1.807) is 0 Å². The summed E-state index contributed by atoms with van der Waals surface area (Å²) in [5.74, 6) is -0.625. The van der Waals surface area contributed by atoms with E-state index < -0.39 is 6.10 Å². The van der Waals surface area contributed by atoms with Crippen molar-refractivity contribution in [3.8, 4) is 0 Å². The zero-order valence-corrected chi connectivity index (χ0v) is 31.9. The number of hydrogen-bond acceptors (Lipinski definition) is 5. The average molecular weight is 685 g/mol. The predicted molar refractivity (Wildman–Crippen MR) is 210 cm³/mol. The zero-order valence-electron chi connectivity index (χ0n) is 31.9. The van der Waals surface area contributed by atoms with E-state index in [0.29, 0.717) is 12.8 Å². The molecule has 0 aromatic heterocycles. The van der Waals surface area contributed by atoms with Crippen molar-refractivity contribution >= 4 is 11.9 Å². The third kappa shape index (κ3) is 38.3. The van der Waals surface area contributed by atoms with Crippen LogP contribution in [0.3, 0.4) is 0 Å². The van der Waals surface area contributed by atoms with E-state index in [4.69, 9.17) is 9.47 Å². The Bertz CT molecular complexity index is 869. The highest BCUT2D eigenvalue weighted by atomic mass is 16.6. The molecule has 1 atom stereocenters. The number of esters is 2. The molecular formula is C44H76O5. The van der Waals surface area contributed by atoms with E-state index in [2.05, 4.69) is 74.6 Å². The minimum Gasteiger partial charge on any atom is -0.462 e. The van der Waals surface area contributed by atoms with Gasteiger partial charge < -0.3 is 14.6 Å². The number of carbonyl (C=O) groups excluding carboxylic acids is 2. The van der Waals surface area contributed by atoms with E-state index in [1.807, 2.05) is 0 Å². The van der Waals surface area contributed by atoms with Gasteiger partial charge >= 0.3 is 11.9 Å². The van der Waals surface area contributed by atoms with Crippen molar-refractivity contribution in [1.29, 1.82) is 0 Å².